The minimum absolute atomic E-state index is 0.0923. The van der Waals surface area contributed by atoms with Crippen LogP contribution in [0.3, 0.4) is 0 Å². The van der Waals surface area contributed by atoms with Gasteiger partial charge in [0.1, 0.15) is 11.2 Å². The number of fused-ring (bicyclic) bond motifs is 1. The van der Waals surface area contributed by atoms with Crippen molar-refractivity contribution in [3.8, 4) is 0 Å². The van der Waals surface area contributed by atoms with Crippen LogP contribution >= 0.6 is 11.6 Å². The predicted octanol–water partition coefficient (Wildman–Crippen LogP) is 3.65. The number of nitrogens with one attached hydrogen (secondary N) is 1. The first-order valence-corrected chi connectivity index (χ1v) is 11.4. The minimum Gasteiger partial charge on any atom is -0.361 e. The number of hydrogen-bond donors (Lipinski definition) is 1. The zero-order chi connectivity index (χ0) is 22.7. The van der Waals surface area contributed by atoms with Crippen molar-refractivity contribution in [1.82, 2.24) is 19.7 Å². The number of carbonyl (C=O) groups excluding carboxylic acids is 2. The molecule has 0 saturated heterocycles. The van der Waals surface area contributed by atoms with Crippen LogP contribution in [0.1, 0.15) is 27.2 Å². The predicted molar refractivity (Wildman–Crippen MR) is 127 cm³/mol. The fraction of sp³-hybridized carbons (Fsp3) is 0.240. The van der Waals surface area contributed by atoms with E-state index in [4.69, 9.17) is 11.6 Å². The Morgan fingerprint density at radius 3 is 2.76 bits per heavy atom. The fourth-order valence-corrected chi connectivity index (χ4v) is 5.34. The van der Waals surface area contributed by atoms with Crippen LogP contribution in [-0.2, 0) is 24.2 Å². The topological polar surface area (TPSA) is 74.2 Å². The van der Waals surface area contributed by atoms with E-state index in [1.54, 1.807) is 21.5 Å². The number of hydrogen-bond acceptors (Lipinski definition) is 3. The maximum Gasteiger partial charge on any atom is 0.275 e. The normalized spacial score (nSPS) is 18.1. The van der Waals surface area contributed by atoms with E-state index in [0.29, 0.717) is 36.8 Å². The average molecular weight is 460 g/mol. The third-order valence-corrected chi connectivity index (χ3v) is 7.18. The van der Waals surface area contributed by atoms with E-state index in [2.05, 4.69) is 10.1 Å². The lowest BCUT2D eigenvalue weighted by molar-refractivity contribution is -0.122. The monoisotopic (exact) mass is 459 g/mol. The van der Waals surface area contributed by atoms with Crippen LogP contribution in [0.5, 0.6) is 0 Å². The molecule has 6 rings (SSSR count). The molecule has 2 aliphatic rings. The summed E-state index contributed by atoms with van der Waals surface area (Å²) in [6, 6.07) is 15.2. The average Bonchev–Trinajstić information content (AvgIpc) is 3.36. The molecule has 0 saturated carbocycles. The van der Waals surface area contributed by atoms with Crippen LogP contribution < -0.4 is 4.90 Å². The molecule has 4 aromatic rings. The van der Waals surface area contributed by atoms with Gasteiger partial charge in [-0.05, 0) is 29.7 Å². The molecule has 0 bridgehead atoms. The third-order valence-electron chi connectivity index (χ3n) is 6.76. The second-order valence-electron chi connectivity index (χ2n) is 8.64. The van der Waals surface area contributed by atoms with Crippen molar-refractivity contribution < 1.29 is 9.59 Å². The maximum absolute atomic E-state index is 13.6. The molecule has 1 N–H and O–H groups in total. The lowest BCUT2D eigenvalue weighted by Crippen LogP contribution is -2.53. The van der Waals surface area contributed by atoms with Crippen LogP contribution in [0, 0.1) is 0 Å². The molecule has 1 atom stereocenters. The van der Waals surface area contributed by atoms with Gasteiger partial charge in [0, 0.05) is 42.7 Å². The number of aromatic amines is 1. The number of anilines is 1. The number of likely N-dealkylation sites (N-methyl/N-ethyl adjacent to an activating group) is 1. The number of halogens is 1. The van der Waals surface area contributed by atoms with Crippen LogP contribution in [0.2, 0.25) is 5.15 Å². The summed E-state index contributed by atoms with van der Waals surface area (Å²) in [5.74, 6) is -0.334. The summed E-state index contributed by atoms with van der Waals surface area (Å²) in [5.41, 5.74) is 5.04. The molecule has 33 heavy (non-hydrogen) atoms. The number of aromatic nitrogens is 3. The van der Waals surface area contributed by atoms with Crippen molar-refractivity contribution in [2.24, 2.45) is 0 Å². The molecular formula is C25H22ClN5O2. The minimum atomic E-state index is -0.597. The summed E-state index contributed by atoms with van der Waals surface area (Å²) in [4.78, 5) is 33.7. The Balaban J connectivity index is 1.34. The summed E-state index contributed by atoms with van der Waals surface area (Å²) < 4.78 is 1.68. The van der Waals surface area contributed by atoms with E-state index < -0.39 is 6.04 Å². The van der Waals surface area contributed by atoms with E-state index in [9.17, 15) is 9.59 Å². The van der Waals surface area contributed by atoms with Gasteiger partial charge in [-0.25, -0.2) is 4.68 Å². The van der Waals surface area contributed by atoms with Crippen molar-refractivity contribution in [2.45, 2.75) is 25.4 Å². The van der Waals surface area contributed by atoms with Gasteiger partial charge in [0.2, 0.25) is 5.91 Å². The molecule has 0 fully saturated rings. The van der Waals surface area contributed by atoms with E-state index in [1.165, 1.54) is 0 Å². The highest BCUT2D eigenvalue weighted by Crippen LogP contribution is 2.35. The molecule has 2 amide bonds. The molecule has 1 unspecified atom stereocenters. The lowest BCUT2D eigenvalue weighted by Gasteiger charge is -2.34. The summed E-state index contributed by atoms with van der Waals surface area (Å²) in [7, 11) is 1.78. The van der Waals surface area contributed by atoms with Gasteiger partial charge in [-0.1, -0.05) is 48.0 Å². The lowest BCUT2D eigenvalue weighted by atomic mass is 10.0. The Morgan fingerprint density at radius 1 is 1.12 bits per heavy atom. The fourth-order valence-electron chi connectivity index (χ4n) is 5.06. The van der Waals surface area contributed by atoms with Crippen molar-refractivity contribution in [1.29, 1.82) is 0 Å². The Bertz CT molecular complexity index is 1410. The highest BCUT2D eigenvalue weighted by molar-refractivity contribution is 6.31. The highest BCUT2D eigenvalue weighted by atomic mass is 35.5. The summed E-state index contributed by atoms with van der Waals surface area (Å²) in [6.45, 7) is 0.915. The van der Waals surface area contributed by atoms with E-state index >= 15 is 0 Å². The van der Waals surface area contributed by atoms with Crippen molar-refractivity contribution in [3.63, 3.8) is 0 Å². The van der Waals surface area contributed by atoms with Crippen molar-refractivity contribution in [3.05, 3.63) is 82.3 Å². The molecule has 0 radical (unpaired) electrons. The van der Waals surface area contributed by atoms with Gasteiger partial charge in [0.05, 0.1) is 12.2 Å². The zero-order valence-electron chi connectivity index (χ0n) is 18.1. The van der Waals surface area contributed by atoms with Gasteiger partial charge in [0.15, 0.2) is 5.69 Å². The largest absolute Gasteiger partial charge is 0.361 e. The van der Waals surface area contributed by atoms with E-state index in [1.807, 2.05) is 54.7 Å². The smallest absolute Gasteiger partial charge is 0.275 e. The van der Waals surface area contributed by atoms with Crippen LogP contribution in [0.4, 0.5) is 5.69 Å². The van der Waals surface area contributed by atoms with Gasteiger partial charge >= 0.3 is 0 Å². The van der Waals surface area contributed by atoms with Crippen molar-refractivity contribution in [2.75, 3.05) is 18.5 Å². The second kappa shape index (κ2) is 7.49. The SMILES string of the molecule is CN1C(=O)C(N2CCc3c(nn(Cc4ccccc4)c3Cl)C2=O)Cc2c[nH]c3cccc1c23. The van der Waals surface area contributed by atoms with Gasteiger partial charge in [-0.3, -0.25) is 9.59 Å². The Hall–Kier alpha value is -3.58. The number of H-pyrrole nitrogens is 1. The van der Waals surface area contributed by atoms with Gasteiger partial charge in [0.25, 0.3) is 5.91 Å². The van der Waals surface area contributed by atoms with Gasteiger partial charge in [-0.2, -0.15) is 5.10 Å². The Labute approximate surface area is 195 Å². The molecule has 166 valence electrons. The summed E-state index contributed by atoms with van der Waals surface area (Å²) in [6.07, 6.45) is 2.97. The molecule has 2 aromatic carbocycles. The van der Waals surface area contributed by atoms with E-state index in [0.717, 1.165) is 33.3 Å². The number of nitrogens with zero attached hydrogens (tertiary/aromatic N) is 4. The second-order valence-corrected chi connectivity index (χ2v) is 9.00. The standard InChI is InChI=1S/C25H22ClN5O2/c1-29-19-9-5-8-18-21(19)16(13-27-18)12-20(24(29)32)30-11-10-17-22(25(30)33)28-31(23(17)26)14-15-6-3-2-4-7-15/h2-9,13,20,27H,10-12,14H2,1H3. The number of rotatable bonds is 3. The summed E-state index contributed by atoms with van der Waals surface area (Å²) >= 11 is 6.62. The van der Waals surface area contributed by atoms with Crippen LogP contribution in [-0.4, -0.2) is 51.1 Å². The molecule has 0 aliphatic carbocycles. The molecular weight excluding hydrogens is 438 g/mol. The maximum atomic E-state index is 13.6. The summed E-state index contributed by atoms with van der Waals surface area (Å²) in [5, 5.41) is 6.10. The molecule has 4 heterocycles. The number of amides is 2. The first-order valence-electron chi connectivity index (χ1n) is 11.0. The van der Waals surface area contributed by atoms with Crippen LogP contribution in [0.15, 0.2) is 54.7 Å². The van der Waals surface area contributed by atoms with Crippen molar-refractivity contribution >= 4 is 40.0 Å². The Kier molecular flexibility index (Phi) is 4.55. The first kappa shape index (κ1) is 20.1. The van der Waals surface area contributed by atoms with Gasteiger partial charge < -0.3 is 14.8 Å². The van der Waals surface area contributed by atoms with Crippen LogP contribution in [0.25, 0.3) is 10.9 Å². The molecule has 7 nitrogen and oxygen atoms in total. The quantitative estimate of drug-likeness (QED) is 0.508. The number of carbonyl (C=O) groups is 2. The highest BCUT2D eigenvalue weighted by Gasteiger charge is 2.40. The molecule has 2 aromatic heterocycles. The van der Waals surface area contributed by atoms with E-state index in [-0.39, 0.29) is 11.8 Å². The molecule has 2 aliphatic heterocycles. The van der Waals surface area contributed by atoms with Gasteiger partial charge in [-0.15, -0.1) is 0 Å². The number of benzene rings is 2. The Morgan fingerprint density at radius 2 is 1.94 bits per heavy atom. The molecule has 8 heteroatoms. The first-order chi connectivity index (χ1) is 16.0. The zero-order valence-corrected chi connectivity index (χ0v) is 18.8. The molecule has 0 spiro atoms. The third kappa shape index (κ3) is 3.07.